The number of carbonyl (C=O) groups excluding carboxylic acids is 1. The molecule has 1 atom stereocenters. The van der Waals surface area contributed by atoms with Crippen LogP contribution in [0.2, 0.25) is 5.02 Å². The van der Waals surface area contributed by atoms with Gasteiger partial charge in [-0.1, -0.05) is 54.1 Å². The minimum atomic E-state index is -1.08. The molecule has 0 radical (unpaired) electrons. The van der Waals surface area contributed by atoms with E-state index in [2.05, 4.69) is 5.32 Å². The van der Waals surface area contributed by atoms with Gasteiger partial charge in [0.15, 0.2) is 0 Å². The molecular weight excluding hydrogens is 390 g/mol. The van der Waals surface area contributed by atoms with E-state index in [0.717, 1.165) is 12.0 Å². The van der Waals surface area contributed by atoms with Crippen molar-refractivity contribution in [1.29, 1.82) is 0 Å². The highest BCUT2D eigenvalue weighted by Gasteiger charge is 2.34. The molecular formula is C23H22ClNO4. The molecule has 0 saturated heterocycles. The van der Waals surface area contributed by atoms with Crippen molar-refractivity contribution in [3.8, 4) is 0 Å². The van der Waals surface area contributed by atoms with E-state index >= 15 is 0 Å². The molecule has 0 saturated carbocycles. The van der Waals surface area contributed by atoms with Gasteiger partial charge < -0.3 is 15.2 Å². The predicted molar refractivity (Wildman–Crippen MR) is 112 cm³/mol. The van der Waals surface area contributed by atoms with E-state index in [4.69, 9.17) is 16.3 Å². The van der Waals surface area contributed by atoms with E-state index in [1.165, 1.54) is 0 Å². The monoisotopic (exact) mass is 411 g/mol. The zero-order chi connectivity index (χ0) is 20.8. The summed E-state index contributed by atoms with van der Waals surface area (Å²) in [6.45, 7) is 2.35. The lowest BCUT2D eigenvalue weighted by Gasteiger charge is -2.29. The van der Waals surface area contributed by atoms with Gasteiger partial charge in [0.05, 0.1) is 18.8 Å². The smallest absolute Gasteiger partial charge is 0.334 e. The van der Waals surface area contributed by atoms with Gasteiger partial charge in [-0.3, -0.25) is 4.79 Å². The summed E-state index contributed by atoms with van der Waals surface area (Å²) in [5, 5.41) is 13.3. The molecule has 2 aromatic rings. The largest absolute Gasteiger partial charge is 0.478 e. The maximum absolute atomic E-state index is 12.0. The molecule has 0 aliphatic carbocycles. The van der Waals surface area contributed by atoms with Gasteiger partial charge in [-0.2, -0.15) is 0 Å². The Balaban J connectivity index is 1.84. The molecule has 1 aliphatic rings. The van der Waals surface area contributed by atoms with Crippen LogP contribution in [0.5, 0.6) is 0 Å². The molecule has 0 bridgehead atoms. The summed E-state index contributed by atoms with van der Waals surface area (Å²) in [5.41, 5.74) is 3.34. The first-order chi connectivity index (χ1) is 14.0. The second-order valence-electron chi connectivity index (χ2n) is 6.80. The lowest BCUT2D eigenvalue weighted by molar-refractivity contribution is -0.133. The zero-order valence-electron chi connectivity index (χ0n) is 16.0. The molecule has 0 amide bonds. The summed E-state index contributed by atoms with van der Waals surface area (Å²) >= 11 is 6.11. The Morgan fingerprint density at radius 1 is 1.21 bits per heavy atom. The van der Waals surface area contributed by atoms with Crippen molar-refractivity contribution in [2.24, 2.45) is 0 Å². The Labute approximate surface area is 174 Å². The Morgan fingerprint density at radius 3 is 2.62 bits per heavy atom. The van der Waals surface area contributed by atoms with Crippen molar-refractivity contribution in [1.82, 2.24) is 5.32 Å². The van der Waals surface area contributed by atoms with Crippen LogP contribution >= 0.6 is 11.6 Å². The summed E-state index contributed by atoms with van der Waals surface area (Å²) in [6.07, 6.45) is 1.45. The number of aldehydes is 1. The normalized spacial score (nSPS) is 16.6. The summed E-state index contributed by atoms with van der Waals surface area (Å²) in [5.74, 6) is -1.79. The molecule has 0 fully saturated rings. The Morgan fingerprint density at radius 2 is 1.97 bits per heavy atom. The van der Waals surface area contributed by atoms with Crippen LogP contribution in [0.3, 0.4) is 0 Å². The van der Waals surface area contributed by atoms with Crippen molar-refractivity contribution in [3.05, 3.63) is 93.3 Å². The Hall–Kier alpha value is -2.89. The highest BCUT2D eigenvalue weighted by atomic mass is 35.5. The minimum Gasteiger partial charge on any atom is -0.478 e. The molecule has 2 N–H and O–H groups in total. The van der Waals surface area contributed by atoms with Gasteiger partial charge in [0.2, 0.25) is 0 Å². The molecule has 0 aromatic heterocycles. The number of ether oxygens (including phenoxy) is 1. The van der Waals surface area contributed by atoms with Crippen molar-refractivity contribution in [2.75, 3.05) is 13.2 Å². The van der Waals surface area contributed by atoms with Crippen LogP contribution in [-0.2, 0) is 20.7 Å². The minimum absolute atomic E-state index is 0.127. The number of hydrogen-bond donors (Lipinski definition) is 2. The Bertz CT molecular complexity index is 966. The third-order valence-electron chi connectivity index (χ3n) is 4.85. The third kappa shape index (κ3) is 4.94. The van der Waals surface area contributed by atoms with Gasteiger partial charge in [0, 0.05) is 27.9 Å². The molecule has 1 aliphatic heterocycles. The van der Waals surface area contributed by atoms with Crippen molar-refractivity contribution < 1.29 is 19.4 Å². The fourth-order valence-electron chi connectivity index (χ4n) is 3.50. The average Bonchev–Trinajstić information content (AvgIpc) is 2.71. The molecule has 5 nitrogen and oxygen atoms in total. The number of nitrogens with one attached hydrogen (secondary N) is 1. The highest BCUT2D eigenvalue weighted by Crippen LogP contribution is 2.38. The molecule has 1 heterocycles. The maximum Gasteiger partial charge on any atom is 0.334 e. The van der Waals surface area contributed by atoms with Crippen LogP contribution in [0, 0.1) is 0 Å². The predicted octanol–water partition coefficient (Wildman–Crippen LogP) is 4.10. The average molecular weight is 412 g/mol. The molecule has 2 aromatic carbocycles. The summed E-state index contributed by atoms with van der Waals surface area (Å²) in [7, 11) is 0. The van der Waals surface area contributed by atoms with Crippen LogP contribution in [0.4, 0.5) is 0 Å². The number of rotatable bonds is 8. The maximum atomic E-state index is 12.0. The van der Waals surface area contributed by atoms with Crippen LogP contribution in [0.1, 0.15) is 24.0 Å². The lowest BCUT2D eigenvalue weighted by Crippen LogP contribution is -2.31. The second kappa shape index (κ2) is 9.54. The van der Waals surface area contributed by atoms with Crippen molar-refractivity contribution >= 4 is 23.9 Å². The van der Waals surface area contributed by atoms with Gasteiger partial charge in [-0.05, 0) is 36.6 Å². The number of benzene rings is 2. The number of dihydropyridines is 1. The number of halogens is 1. The molecule has 150 valence electrons. The number of carboxylic acids is 1. The summed E-state index contributed by atoms with van der Waals surface area (Å²) < 4.78 is 5.79. The highest BCUT2D eigenvalue weighted by molar-refractivity contribution is 6.30. The molecule has 0 spiro atoms. The van der Waals surface area contributed by atoms with Gasteiger partial charge in [0.25, 0.3) is 0 Å². The van der Waals surface area contributed by atoms with E-state index in [1.54, 1.807) is 31.2 Å². The van der Waals surface area contributed by atoms with Gasteiger partial charge in [-0.25, -0.2) is 4.79 Å². The standard InChI is InChI=1S/C23H22ClNO4/c1-15-21(23(27)28)22(17-8-5-9-18(24)12-17)19(13-26)20(25-15)14-29-11-10-16-6-3-2-4-7-16/h2-9,12-13,22,25H,10-11,14H2,1H3,(H,27,28). The van der Waals surface area contributed by atoms with E-state index in [-0.39, 0.29) is 12.2 Å². The fourth-order valence-corrected chi connectivity index (χ4v) is 3.69. The van der Waals surface area contributed by atoms with Gasteiger partial charge in [0.1, 0.15) is 6.29 Å². The van der Waals surface area contributed by atoms with E-state index in [9.17, 15) is 14.7 Å². The number of allylic oxidation sites excluding steroid dienone is 2. The quantitative estimate of drug-likeness (QED) is 0.505. The number of carbonyl (C=O) groups is 2. The zero-order valence-corrected chi connectivity index (χ0v) is 16.8. The van der Waals surface area contributed by atoms with Crippen LogP contribution < -0.4 is 5.32 Å². The van der Waals surface area contributed by atoms with Gasteiger partial charge >= 0.3 is 5.97 Å². The van der Waals surface area contributed by atoms with E-state index < -0.39 is 11.9 Å². The third-order valence-corrected chi connectivity index (χ3v) is 5.09. The second-order valence-corrected chi connectivity index (χ2v) is 7.23. The summed E-state index contributed by atoms with van der Waals surface area (Å²) in [4.78, 5) is 23.9. The number of aliphatic carboxylic acids is 1. The van der Waals surface area contributed by atoms with E-state index in [1.807, 2.05) is 30.3 Å². The molecule has 29 heavy (non-hydrogen) atoms. The first-order valence-corrected chi connectivity index (χ1v) is 9.65. The SMILES string of the molecule is CC1=C(C(=O)O)C(c2cccc(Cl)c2)C(C=O)=C(COCCc2ccccc2)N1. The lowest BCUT2D eigenvalue weighted by atomic mass is 9.81. The molecule has 3 rings (SSSR count). The number of hydrogen-bond acceptors (Lipinski definition) is 4. The fraction of sp³-hybridized carbons (Fsp3) is 0.217. The van der Waals surface area contributed by atoms with Gasteiger partial charge in [-0.15, -0.1) is 0 Å². The molecule has 6 heteroatoms. The van der Waals surface area contributed by atoms with E-state index in [0.29, 0.717) is 40.4 Å². The van der Waals surface area contributed by atoms with Crippen LogP contribution in [-0.4, -0.2) is 30.6 Å². The van der Waals surface area contributed by atoms with Crippen LogP contribution in [0.15, 0.2) is 77.1 Å². The summed E-state index contributed by atoms with van der Waals surface area (Å²) in [6, 6.07) is 16.9. The topological polar surface area (TPSA) is 75.6 Å². The number of carboxylic acid groups (broad SMARTS) is 1. The molecule has 1 unspecified atom stereocenters. The first-order valence-electron chi connectivity index (χ1n) is 9.27. The Kier molecular flexibility index (Phi) is 6.86. The first kappa shape index (κ1) is 20.8. The van der Waals surface area contributed by atoms with Crippen molar-refractivity contribution in [3.63, 3.8) is 0 Å². The van der Waals surface area contributed by atoms with Crippen molar-refractivity contribution in [2.45, 2.75) is 19.3 Å². The van der Waals surface area contributed by atoms with Crippen LogP contribution in [0.25, 0.3) is 0 Å².